The van der Waals surface area contributed by atoms with Gasteiger partial charge >= 0.3 is 6.03 Å². The number of nitrogens with one attached hydrogen (secondary N) is 3. The Bertz CT molecular complexity index is 1290. The minimum Gasteiger partial charge on any atom is -0.496 e. The van der Waals surface area contributed by atoms with Crippen molar-refractivity contribution in [3.05, 3.63) is 84.2 Å². The van der Waals surface area contributed by atoms with Crippen molar-refractivity contribution >= 4 is 51.5 Å². The molecule has 4 rings (SSSR count). The van der Waals surface area contributed by atoms with Crippen LogP contribution in [0.5, 0.6) is 5.75 Å². The number of para-hydroxylation sites is 2. The van der Waals surface area contributed by atoms with E-state index in [1.807, 2.05) is 79.0 Å². The molecule has 0 aliphatic rings. The van der Waals surface area contributed by atoms with Crippen molar-refractivity contribution in [1.29, 1.82) is 0 Å². The summed E-state index contributed by atoms with van der Waals surface area (Å²) in [4.78, 5) is 30.3. The molecular formula is C26H24N4O3S2. The molecule has 3 N–H and O–H groups in total. The van der Waals surface area contributed by atoms with Gasteiger partial charge in [0.25, 0.3) is 0 Å². The fourth-order valence-electron chi connectivity index (χ4n) is 3.21. The number of carbonyl (C=O) groups is 2. The summed E-state index contributed by atoms with van der Waals surface area (Å²) in [6, 6.07) is 23.9. The number of urea groups is 1. The van der Waals surface area contributed by atoms with Crippen LogP contribution < -0.4 is 20.7 Å². The van der Waals surface area contributed by atoms with Gasteiger partial charge in [-0.3, -0.25) is 4.79 Å². The molecule has 0 aliphatic carbocycles. The first-order valence-corrected chi connectivity index (χ1v) is 12.6. The number of methoxy groups -OCH3 is 1. The van der Waals surface area contributed by atoms with Gasteiger partial charge in [-0.15, -0.1) is 23.1 Å². The van der Waals surface area contributed by atoms with Gasteiger partial charge in [0.1, 0.15) is 5.75 Å². The van der Waals surface area contributed by atoms with Gasteiger partial charge in [0, 0.05) is 27.2 Å². The summed E-state index contributed by atoms with van der Waals surface area (Å²) in [6.07, 6.45) is 0. The molecule has 1 atom stereocenters. The van der Waals surface area contributed by atoms with Gasteiger partial charge in [-0.2, -0.15) is 0 Å². The van der Waals surface area contributed by atoms with Crippen LogP contribution >= 0.6 is 23.1 Å². The van der Waals surface area contributed by atoms with E-state index in [0.717, 1.165) is 21.9 Å². The minimum absolute atomic E-state index is 0.139. The molecule has 0 radical (unpaired) electrons. The van der Waals surface area contributed by atoms with E-state index < -0.39 is 0 Å². The second kappa shape index (κ2) is 11.5. The maximum atomic E-state index is 12.7. The smallest absolute Gasteiger partial charge is 0.323 e. The number of carbonyl (C=O) groups excluding carboxylic acids is 2. The molecule has 1 heterocycles. The molecule has 1 aromatic heterocycles. The van der Waals surface area contributed by atoms with Crippen LogP contribution in [0.15, 0.2) is 89.1 Å². The molecule has 3 aromatic carbocycles. The van der Waals surface area contributed by atoms with Crippen molar-refractivity contribution in [2.24, 2.45) is 0 Å². The lowest BCUT2D eigenvalue weighted by molar-refractivity contribution is -0.115. The summed E-state index contributed by atoms with van der Waals surface area (Å²) >= 11 is 2.80. The highest BCUT2D eigenvalue weighted by Crippen LogP contribution is 2.32. The van der Waals surface area contributed by atoms with Crippen LogP contribution in [0, 0.1) is 0 Å². The Morgan fingerprint density at radius 2 is 1.54 bits per heavy atom. The summed E-state index contributed by atoms with van der Waals surface area (Å²) in [5.41, 5.74) is 3.00. The first-order chi connectivity index (χ1) is 17.0. The maximum absolute atomic E-state index is 12.7. The molecule has 3 amide bonds. The molecule has 7 nitrogen and oxygen atoms in total. The zero-order valence-electron chi connectivity index (χ0n) is 19.1. The predicted molar refractivity (Wildman–Crippen MR) is 144 cm³/mol. The monoisotopic (exact) mass is 504 g/mol. The van der Waals surface area contributed by atoms with Crippen LogP contribution in [-0.4, -0.2) is 29.3 Å². The first-order valence-electron chi connectivity index (χ1n) is 10.8. The number of aromatic nitrogens is 1. The number of hydrogen-bond donors (Lipinski definition) is 3. The molecule has 0 fully saturated rings. The average molecular weight is 505 g/mol. The third-order valence-corrected chi connectivity index (χ3v) is 6.81. The van der Waals surface area contributed by atoms with Gasteiger partial charge in [0.15, 0.2) is 5.13 Å². The summed E-state index contributed by atoms with van der Waals surface area (Å²) in [5, 5.41) is 10.6. The van der Waals surface area contributed by atoms with Crippen LogP contribution in [0.2, 0.25) is 0 Å². The summed E-state index contributed by atoms with van der Waals surface area (Å²) in [7, 11) is 1.62. The summed E-state index contributed by atoms with van der Waals surface area (Å²) in [6.45, 7) is 1.84. The highest BCUT2D eigenvalue weighted by Gasteiger charge is 2.17. The second-order valence-corrected chi connectivity index (χ2v) is 9.73. The fourth-order valence-corrected chi connectivity index (χ4v) is 4.79. The third-order valence-electron chi connectivity index (χ3n) is 4.94. The number of thioether (sulfide) groups is 1. The normalized spacial score (nSPS) is 11.4. The topological polar surface area (TPSA) is 92.4 Å². The number of benzene rings is 3. The number of rotatable bonds is 8. The van der Waals surface area contributed by atoms with Crippen molar-refractivity contribution in [3.63, 3.8) is 0 Å². The molecule has 9 heteroatoms. The van der Waals surface area contributed by atoms with Gasteiger partial charge in [-0.05, 0) is 55.5 Å². The van der Waals surface area contributed by atoms with Gasteiger partial charge in [0.05, 0.1) is 18.1 Å². The molecular weight excluding hydrogens is 480 g/mol. The van der Waals surface area contributed by atoms with Gasteiger partial charge < -0.3 is 20.7 Å². The lowest BCUT2D eigenvalue weighted by Crippen LogP contribution is -2.22. The van der Waals surface area contributed by atoms with E-state index in [9.17, 15) is 9.59 Å². The van der Waals surface area contributed by atoms with Crippen molar-refractivity contribution in [2.45, 2.75) is 17.1 Å². The van der Waals surface area contributed by atoms with Crippen LogP contribution in [0.1, 0.15) is 6.92 Å². The van der Waals surface area contributed by atoms with Crippen molar-refractivity contribution in [3.8, 4) is 17.0 Å². The minimum atomic E-state index is -0.339. The van der Waals surface area contributed by atoms with Gasteiger partial charge in [-0.1, -0.05) is 30.3 Å². The van der Waals surface area contributed by atoms with E-state index in [1.165, 1.54) is 23.1 Å². The zero-order valence-corrected chi connectivity index (χ0v) is 20.8. The molecule has 0 aliphatic heterocycles. The Labute approximate surface area is 211 Å². The van der Waals surface area contributed by atoms with E-state index in [-0.39, 0.29) is 17.2 Å². The Morgan fingerprint density at radius 3 is 2.26 bits per heavy atom. The SMILES string of the molecule is COc1ccccc1-c1csc(NC(=O)C(C)Sc2ccc(NC(=O)Nc3ccccc3)cc2)n1. The summed E-state index contributed by atoms with van der Waals surface area (Å²) in [5.74, 6) is 0.593. The van der Waals surface area contributed by atoms with Gasteiger partial charge in [-0.25, -0.2) is 9.78 Å². The lowest BCUT2D eigenvalue weighted by Gasteiger charge is -2.12. The molecule has 4 aromatic rings. The van der Waals surface area contributed by atoms with Crippen LogP contribution in [-0.2, 0) is 4.79 Å². The maximum Gasteiger partial charge on any atom is 0.323 e. The number of thiazole rings is 1. The van der Waals surface area contributed by atoms with Crippen molar-refractivity contribution < 1.29 is 14.3 Å². The van der Waals surface area contributed by atoms with Crippen LogP contribution in [0.3, 0.4) is 0 Å². The number of anilines is 3. The molecule has 0 saturated heterocycles. The Kier molecular flexibility index (Phi) is 8.02. The highest BCUT2D eigenvalue weighted by atomic mass is 32.2. The first kappa shape index (κ1) is 24.3. The van der Waals surface area contributed by atoms with Crippen molar-refractivity contribution in [1.82, 2.24) is 4.98 Å². The Balaban J connectivity index is 1.30. The quantitative estimate of drug-likeness (QED) is 0.236. The highest BCUT2D eigenvalue weighted by molar-refractivity contribution is 8.00. The van der Waals surface area contributed by atoms with E-state index in [0.29, 0.717) is 16.5 Å². The Morgan fingerprint density at radius 1 is 0.886 bits per heavy atom. The molecule has 35 heavy (non-hydrogen) atoms. The standard InChI is InChI=1S/C26H24N4O3S2/c1-17(24(31)30-26-29-22(16-34-26)21-10-6-7-11-23(21)33-2)35-20-14-12-19(13-15-20)28-25(32)27-18-8-4-3-5-9-18/h3-17H,1-2H3,(H2,27,28,32)(H,29,30,31). The number of nitrogens with zero attached hydrogens (tertiary/aromatic N) is 1. The van der Waals surface area contributed by atoms with Crippen LogP contribution in [0.25, 0.3) is 11.3 Å². The number of amides is 3. The van der Waals surface area contributed by atoms with E-state index in [2.05, 4.69) is 20.9 Å². The lowest BCUT2D eigenvalue weighted by atomic mass is 10.1. The number of ether oxygens (including phenoxy) is 1. The third kappa shape index (κ3) is 6.62. The predicted octanol–water partition coefficient (Wildman–Crippen LogP) is 6.58. The van der Waals surface area contributed by atoms with Crippen molar-refractivity contribution in [2.75, 3.05) is 23.1 Å². The fraction of sp³-hybridized carbons (Fsp3) is 0.115. The molecule has 178 valence electrons. The largest absolute Gasteiger partial charge is 0.496 e. The van der Waals surface area contributed by atoms with E-state index >= 15 is 0 Å². The second-order valence-electron chi connectivity index (χ2n) is 7.46. The summed E-state index contributed by atoms with van der Waals surface area (Å²) < 4.78 is 5.40. The van der Waals surface area contributed by atoms with Crippen LogP contribution in [0.4, 0.5) is 21.3 Å². The number of hydrogen-bond acceptors (Lipinski definition) is 6. The van der Waals surface area contributed by atoms with Gasteiger partial charge in [0.2, 0.25) is 5.91 Å². The Hall–Kier alpha value is -3.82. The zero-order chi connectivity index (χ0) is 24.6. The molecule has 0 saturated carbocycles. The molecule has 0 spiro atoms. The molecule has 1 unspecified atom stereocenters. The average Bonchev–Trinajstić information content (AvgIpc) is 3.34. The molecule has 0 bridgehead atoms. The van der Waals surface area contributed by atoms with E-state index in [4.69, 9.17) is 4.74 Å². The van der Waals surface area contributed by atoms with E-state index in [1.54, 1.807) is 19.2 Å².